The first kappa shape index (κ1) is 27.4. The van der Waals surface area contributed by atoms with E-state index >= 15 is 4.48 Å². The third-order valence-corrected chi connectivity index (χ3v) is 6.62. The highest BCUT2D eigenvalue weighted by Gasteiger charge is 2.36. The Bertz CT molecular complexity index is 1180. The molecule has 1 aliphatic rings. The average Bonchev–Trinajstić information content (AvgIpc) is 3.00. The minimum absolute atomic E-state index is 0.00889. The number of hydrogen-bond acceptors (Lipinski definition) is 6. The van der Waals surface area contributed by atoms with E-state index in [1.165, 1.54) is 28.2 Å². The molecule has 0 spiro atoms. The van der Waals surface area contributed by atoms with Crippen LogP contribution in [0.15, 0.2) is 77.7 Å². The first-order chi connectivity index (χ1) is 17.5. The molecule has 2 aromatic carbocycles. The van der Waals surface area contributed by atoms with Crippen molar-refractivity contribution in [3.05, 3.63) is 100.0 Å². The lowest BCUT2D eigenvalue weighted by atomic mass is 10.0. The minimum Gasteiger partial charge on any atom is -0.483 e. The number of hydrogen-bond donors (Lipinski definition) is 1. The number of pyridine rings is 1. The Morgan fingerprint density at radius 2 is 1.67 bits per heavy atom. The van der Waals surface area contributed by atoms with Crippen molar-refractivity contribution in [1.29, 1.82) is 0 Å². The molecule has 0 saturated carbocycles. The fourth-order valence-corrected chi connectivity index (χ4v) is 4.72. The van der Waals surface area contributed by atoms with Crippen LogP contribution in [0.1, 0.15) is 60.8 Å². The standard InChI is InChI=1S/C25H26FN3O4S.C2H6/c1-27-22(14-8-13-20(30)19-11-6-3-7-12-19)29(26)34-28-16-15-21(31)24(23(28)25(27)32)33-17-18-9-4-2-5-10-18;1-2/h2-7,9-12,15-16,20,22,30H,8,13-14,17H2,1H3;1-2H3. The highest BCUT2D eigenvalue weighted by molar-refractivity contribution is 7.95. The number of rotatable bonds is 8. The molecule has 0 saturated heterocycles. The Balaban J connectivity index is 0.00000176. The van der Waals surface area contributed by atoms with E-state index in [9.17, 15) is 14.7 Å². The average molecular weight is 514 g/mol. The number of fused-ring (bicyclic) bond motifs is 1. The molecule has 192 valence electrons. The summed E-state index contributed by atoms with van der Waals surface area (Å²) in [6, 6.07) is 19.8. The van der Waals surface area contributed by atoms with Gasteiger partial charge in [-0.05, 0) is 34.9 Å². The molecule has 1 aromatic heterocycles. The number of aliphatic hydroxyl groups is 1. The van der Waals surface area contributed by atoms with Gasteiger partial charge in [-0.25, -0.2) is 0 Å². The summed E-state index contributed by atoms with van der Waals surface area (Å²) in [4.78, 5) is 27.2. The topological polar surface area (TPSA) is 75.0 Å². The molecule has 9 heteroatoms. The van der Waals surface area contributed by atoms with Crippen molar-refractivity contribution in [2.45, 2.75) is 52.0 Å². The van der Waals surface area contributed by atoms with Crippen LogP contribution in [-0.2, 0) is 6.61 Å². The number of nitrogens with zero attached hydrogens (tertiary/aromatic N) is 3. The van der Waals surface area contributed by atoms with Crippen LogP contribution in [0.5, 0.6) is 5.75 Å². The molecule has 2 heterocycles. The van der Waals surface area contributed by atoms with E-state index in [0.29, 0.717) is 35.9 Å². The molecule has 1 aliphatic heterocycles. The number of aliphatic hydroxyl groups excluding tert-OH is 1. The first-order valence-electron chi connectivity index (χ1n) is 12.0. The molecule has 7 nitrogen and oxygen atoms in total. The van der Waals surface area contributed by atoms with Crippen LogP contribution in [0.2, 0.25) is 0 Å². The summed E-state index contributed by atoms with van der Waals surface area (Å²) in [7, 11) is 1.50. The molecule has 0 fully saturated rings. The quantitative estimate of drug-likeness (QED) is 0.323. The smallest absolute Gasteiger partial charge is 0.276 e. The maximum absolute atomic E-state index is 15.1. The zero-order valence-electron chi connectivity index (χ0n) is 20.7. The van der Waals surface area contributed by atoms with Gasteiger partial charge in [0.05, 0.1) is 18.2 Å². The lowest BCUT2D eigenvalue weighted by Gasteiger charge is -2.28. The largest absolute Gasteiger partial charge is 0.483 e. The van der Waals surface area contributed by atoms with Gasteiger partial charge < -0.3 is 14.7 Å². The maximum atomic E-state index is 15.1. The SMILES string of the molecule is CC.CN1C(=O)c2c(OCc3ccccc3)c(=O)ccn2SN(F)C1CCCC(O)c1ccccc1. The van der Waals surface area contributed by atoms with Gasteiger partial charge in [-0.2, -0.15) is 0 Å². The summed E-state index contributed by atoms with van der Waals surface area (Å²) in [5.74, 6) is -0.619. The molecule has 0 aliphatic carbocycles. The third-order valence-electron chi connectivity index (χ3n) is 5.74. The lowest BCUT2D eigenvalue weighted by Crippen LogP contribution is -2.42. The van der Waals surface area contributed by atoms with Gasteiger partial charge in [-0.15, -0.1) is 4.48 Å². The number of benzene rings is 2. The Morgan fingerprint density at radius 3 is 2.33 bits per heavy atom. The van der Waals surface area contributed by atoms with Crippen molar-refractivity contribution < 1.29 is 19.1 Å². The second kappa shape index (κ2) is 13.2. The predicted molar refractivity (Wildman–Crippen MR) is 140 cm³/mol. The number of halogens is 1. The van der Waals surface area contributed by atoms with Crippen LogP contribution in [-0.4, -0.2) is 37.6 Å². The Labute approximate surface area is 215 Å². The van der Waals surface area contributed by atoms with Crippen molar-refractivity contribution in [2.75, 3.05) is 7.05 Å². The highest BCUT2D eigenvalue weighted by Crippen LogP contribution is 2.32. The molecular weight excluding hydrogens is 481 g/mol. The fraction of sp³-hybridized carbons (Fsp3) is 0.333. The van der Waals surface area contributed by atoms with Gasteiger partial charge in [0, 0.05) is 19.3 Å². The Morgan fingerprint density at radius 1 is 1.03 bits per heavy atom. The van der Waals surface area contributed by atoms with Crippen molar-refractivity contribution >= 4 is 18.0 Å². The van der Waals surface area contributed by atoms with Gasteiger partial charge in [0.15, 0.2) is 11.4 Å². The third kappa shape index (κ3) is 6.54. The monoisotopic (exact) mass is 513 g/mol. The molecule has 0 bridgehead atoms. The fourth-order valence-electron chi connectivity index (χ4n) is 3.84. The minimum atomic E-state index is -0.877. The predicted octanol–water partition coefficient (Wildman–Crippen LogP) is 5.37. The van der Waals surface area contributed by atoms with Gasteiger partial charge in [-0.1, -0.05) is 74.5 Å². The molecule has 0 radical (unpaired) electrons. The van der Waals surface area contributed by atoms with Crippen molar-refractivity contribution in [2.24, 2.45) is 0 Å². The van der Waals surface area contributed by atoms with E-state index in [4.69, 9.17) is 4.74 Å². The Kier molecular flexibility index (Phi) is 10.1. The zero-order chi connectivity index (χ0) is 26.1. The molecule has 1 N–H and O–H groups in total. The lowest BCUT2D eigenvalue weighted by molar-refractivity contribution is 0.00617. The molecule has 2 unspecified atom stereocenters. The second-order valence-electron chi connectivity index (χ2n) is 8.07. The van der Waals surface area contributed by atoms with Gasteiger partial charge in [0.1, 0.15) is 12.8 Å². The van der Waals surface area contributed by atoms with Gasteiger partial charge in [-0.3, -0.25) is 13.6 Å². The van der Waals surface area contributed by atoms with Crippen LogP contribution in [0.25, 0.3) is 0 Å². The summed E-state index contributed by atoms with van der Waals surface area (Å²) in [5.41, 5.74) is 1.18. The molecule has 1 amide bonds. The summed E-state index contributed by atoms with van der Waals surface area (Å²) in [6.07, 6.45) is 1.05. The van der Waals surface area contributed by atoms with E-state index in [2.05, 4.69) is 0 Å². The normalized spacial score (nSPS) is 16.4. The number of aromatic nitrogens is 1. The van der Waals surface area contributed by atoms with E-state index in [0.717, 1.165) is 11.1 Å². The molecule has 36 heavy (non-hydrogen) atoms. The van der Waals surface area contributed by atoms with E-state index in [1.54, 1.807) is 0 Å². The van der Waals surface area contributed by atoms with Crippen LogP contribution in [0, 0.1) is 0 Å². The summed E-state index contributed by atoms with van der Waals surface area (Å²) in [6.45, 7) is 4.11. The van der Waals surface area contributed by atoms with Crippen molar-refractivity contribution in [3.63, 3.8) is 0 Å². The van der Waals surface area contributed by atoms with Crippen molar-refractivity contribution in [3.8, 4) is 5.75 Å². The van der Waals surface area contributed by atoms with Crippen LogP contribution >= 0.6 is 12.1 Å². The van der Waals surface area contributed by atoms with Gasteiger partial charge in [0.25, 0.3) is 5.91 Å². The highest BCUT2D eigenvalue weighted by atomic mass is 32.2. The van der Waals surface area contributed by atoms with E-state index < -0.39 is 23.6 Å². The Hall–Kier alpha value is -3.14. The summed E-state index contributed by atoms with van der Waals surface area (Å²) in [5, 5.41) is 10.4. The van der Waals surface area contributed by atoms with Crippen LogP contribution < -0.4 is 10.2 Å². The maximum Gasteiger partial charge on any atom is 0.276 e. The summed E-state index contributed by atoms with van der Waals surface area (Å²) < 4.78 is 22.7. The van der Waals surface area contributed by atoms with Gasteiger partial charge in [0.2, 0.25) is 5.43 Å². The second-order valence-corrected chi connectivity index (χ2v) is 8.97. The van der Waals surface area contributed by atoms with E-state index in [1.807, 2.05) is 74.5 Å². The first-order valence-corrected chi connectivity index (χ1v) is 12.7. The zero-order valence-corrected chi connectivity index (χ0v) is 21.5. The number of carbonyl (C=O) groups excluding carboxylic acids is 1. The van der Waals surface area contributed by atoms with Gasteiger partial charge >= 0.3 is 0 Å². The molecule has 2 atom stereocenters. The number of amides is 1. The van der Waals surface area contributed by atoms with Crippen LogP contribution in [0.4, 0.5) is 4.48 Å². The number of carbonyl (C=O) groups is 1. The molecule has 4 rings (SSSR count). The molecule has 3 aromatic rings. The summed E-state index contributed by atoms with van der Waals surface area (Å²) >= 11 is 0.687. The van der Waals surface area contributed by atoms with Crippen molar-refractivity contribution in [1.82, 2.24) is 13.4 Å². The van der Waals surface area contributed by atoms with E-state index in [-0.39, 0.29) is 18.1 Å². The molecular formula is C27H32FN3O4S. The van der Waals surface area contributed by atoms with Crippen LogP contribution in [0.3, 0.4) is 0 Å². The number of ether oxygens (including phenoxy) is 1.